The van der Waals surface area contributed by atoms with E-state index in [0.717, 1.165) is 25.9 Å². The van der Waals surface area contributed by atoms with Gasteiger partial charge in [0, 0.05) is 32.1 Å². The Bertz CT molecular complexity index is 737. The minimum atomic E-state index is -3.53. The lowest BCUT2D eigenvalue weighted by Gasteiger charge is -2.36. The van der Waals surface area contributed by atoms with Crippen molar-refractivity contribution in [3.05, 3.63) is 24.3 Å². The van der Waals surface area contributed by atoms with Gasteiger partial charge < -0.3 is 15.0 Å². The molecule has 0 aliphatic carbocycles. The van der Waals surface area contributed by atoms with Crippen LogP contribution in [0.3, 0.4) is 0 Å². The number of ether oxygens (including phenoxy) is 1. The third-order valence-electron chi connectivity index (χ3n) is 5.70. The monoisotopic (exact) mass is 395 g/mol. The zero-order valence-corrected chi connectivity index (χ0v) is 16.9. The normalized spacial score (nSPS) is 20.4. The predicted octanol–water partition coefficient (Wildman–Crippen LogP) is 1.31. The van der Waals surface area contributed by atoms with Crippen LogP contribution in [0.2, 0.25) is 0 Å². The van der Waals surface area contributed by atoms with Crippen molar-refractivity contribution in [3.8, 4) is 5.75 Å². The molecule has 8 heteroatoms. The Kier molecular flexibility index (Phi) is 6.39. The van der Waals surface area contributed by atoms with Gasteiger partial charge in [-0.1, -0.05) is 0 Å². The lowest BCUT2D eigenvalue weighted by Crippen LogP contribution is -2.48. The third kappa shape index (κ3) is 4.44. The summed E-state index contributed by atoms with van der Waals surface area (Å²) in [5.41, 5.74) is 0. The minimum Gasteiger partial charge on any atom is -0.497 e. The van der Waals surface area contributed by atoms with Crippen LogP contribution in [0.4, 0.5) is 0 Å². The van der Waals surface area contributed by atoms with Crippen LogP contribution in [0, 0.1) is 5.92 Å². The zero-order valence-electron chi connectivity index (χ0n) is 16.1. The second-order valence-electron chi connectivity index (χ2n) is 7.28. The molecule has 2 aliphatic rings. The molecule has 0 spiro atoms. The molecule has 7 nitrogen and oxygen atoms in total. The van der Waals surface area contributed by atoms with Crippen molar-refractivity contribution in [1.82, 2.24) is 14.5 Å². The van der Waals surface area contributed by atoms with E-state index in [1.165, 1.54) is 4.31 Å². The molecule has 0 unspecified atom stereocenters. The van der Waals surface area contributed by atoms with Crippen LogP contribution in [0.5, 0.6) is 5.75 Å². The second-order valence-corrected chi connectivity index (χ2v) is 9.22. The van der Waals surface area contributed by atoms with Crippen LogP contribution in [0.25, 0.3) is 0 Å². The number of sulfonamides is 1. The van der Waals surface area contributed by atoms with Crippen molar-refractivity contribution in [3.63, 3.8) is 0 Å². The molecule has 1 aromatic carbocycles. The van der Waals surface area contributed by atoms with Crippen LogP contribution in [0.1, 0.15) is 25.7 Å². The second kappa shape index (κ2) is 8.58. The fourth-order valence-electron chi connectivity index (χ4n) is 3.90. The van der Waals surface area contributed by atoms with E-state index < -0.39 is 10.0 Å². The van der Waals surface area contributed by atoms with Crippen LogP contribution in [-0.4, -0.2) is 69.9 Å². The summed E-state index contributed by atoms with van der Waals surface area (Å²) in [7, 11) is -0.0968. The van der Waals surface area contributed by atoms with Gasteiger partial charge >= 0.3 is 0 Å². The standard InChI is InChI=1S/C19H29N3O4S/c1-21(16-7-11-20-12-8-16)19(23)15-9-13-22(14-10-15)27(24,25)18-5-3-17(26-2)4-6-18/h3-6,15-16,20H,7-14H2,1-2H3. The Morgan fingerprint density at radius 2 is 1.70 bits per heavy atom. The number of nitrogens with zero attached hydrogens (tertiary/aromatic N) is 2. The average molecular weight is 396 g/mol. The summed E-state index contributed by atoms with van der Waals surface area (Å²) in [5.74, 6) is 0.690. The smallest absolute Gasteiger partial charge is 0.243 e. The number of methoxy groups -OCH3 is 1. The Morgan fingerprint density at radius 3 is 2.26 bits per heavy atom. The predicted molar refractivity (Wildman–Crippen MR) is 103 cm³/mol. The Balaban J connectivity index is 1.59. The van der Waals surface area contributed by atoms with E-state index in [1.54, 1.807) is 31.4 Å². The highest BCUT2D eigenvalue weighted by molar-refractivity contribution is 7.89. The topological polar surface area (TPSA) is 79.0 Å². The van der Waals surface area contributed by atoms with Gasteiger partial charge in [0.05, 0.1) is 12.0 Å². The average Bonchev–Trinajstić information content (AvgIpc) is 2.73. The first-order chi connectivity index (χ1) is 12.9. The summed E-state index contributed by atoms with van der Waals surface area (Å²) < 4.78 is 32.2. The van der Waals surface area contributed by atoms with Gasteiger partial charge in [0.1, 0.15) is 5.75 Å². The Morgan fingerprint density at radius 1 is 1.11 bits per heavy atom. The first kappa shape index (κ1) is 20.1. The summed E-state index contributed by atoms with van der Waals surface area (Å²) in [4.78, 5) is 15.0. The summed E-state index contributed by atoms with van der Waals surface area (Å²) in [5, 5.41) is 3.31. The third-order valence-corrected chi connectivity index (χ3v) is 7.62. The molecule has 150 valence electrons. The van der Waals surface area contributed by atoms with Gasteiger partial charge in [0.2, 0.25) is 15.9 Å². The minimum absolute atomic E-state index is 0.0906. The highest BCUT2D eigenvalue weighted by atomic mass is 32.2. The largest absolute Gasteiger partial charge is 0.497 e. The highest BCUT2D eigenvalue weighted by Gasteiger charge is 2.34. The van der Waals surface area contributed by atoms with Crippen LogP contribution in [0.15, 0.2) is 29.2 Å². The molecule has 0 saturated carbocycles. The van der Waals surface area contributed by atoms with E-state index in [1.807, 2.05) is 11.9 Å². The molecule has 0 radical (unpaired) electrons. The molecule has 27 heavy (non-hydrogen) atoms. The van der Waals surface area contributed by atoms with Gasteiger partial charge in [-0.2, -0.15) is 4.31 Å². The quantitative estimate of drug-likeness (QED) is 0.813. The molecular formula is C19H29N3O4S. The van der Waals surface area contributed by atoms with E-state index in [9.17, 15) is 13.2 Å². The van der Waals surface area contributed by atoms with Gasteiger partial charge in [-0.3, -0.25) is 4.79 Å². The van der Waals surface area contributed by atoms with E-state index in [0.29, 0.717) is 37.7 Å². The summed E-state index contributed by atoms with van der Waals surface area (Å²) >= 11 is 0. The van der Waals surface area contributed by atoms with Gasteiger partial charge in [-0.25, -0.2) is 8.42 Å². The number of nitrogens with one attached hydrogen (secondary N) is 1. The van der Waals surface area contributed by atoms with Crippen molar-refractivity contribution < 1.29 is 17.9 Å². The van der Waals surface area contributed by atoms with Gasteiger partial charge in [0.15, 0.2) is 0 Å². The number of hydrogen-bond donors (Lipinski definition) is 1. The Hall–Kier alpha value is -1.64. The van der Waals surface area contributed by atoms with Crippen molar-refractivity contribution in [2.45, 2.75) is 36.6 Å². The molecule has 0 bridgehead atoms. The molecule has 2 heterocycles. The van der Waals surface area contributed by atoms with Crippen LogP contribution >= 0.6 is 0 Å². The van der Waals surface area contributed by atoms with E-state index >= 15 is 0 Å². The number of rotatable bonds is 5. The molecule has 0 aromatic heterocycles. The number of carbonyl (C=O) groups is 1. The molecule has 1 aromatic rings. The number of hydrogen-bond acceptors (Lipinski definition) is 5. The SMILES string of the molecule is COc1ccc(S(=O)(=O)N2CCC(C(=O)N(C)C3CCNCC3)CC2)cc1. The molecule has 1 amide bonds. The summed E-state index contributed by atoms with van der Waals surface area (Å²) in [6, 6.07) is 6.72. The first-order valence-electron chi connectivity index (χ1n) is 9.55. The van der Waals surface area contributed by atoms with Crippen molar-refractivity contribution in [1.29, 1.82) is 0 Å². The number of carbonyl (C=O) groups excluding carboxylic acids is 1. The molecule has 3 rings (SSSR count). The van der Waals surface area contributed by atoms with Crippen molar-refractivity contribution in [2.24, 2.45) is 5.92 Å². The Labute approximate surface area is 161 Å². The van der Waals surface area contributed by atoms with Gasteiger partial charge in [-0.05, 0) is 63.0 Å². The van der Waals surface area contributed by atoms with Crippen molar-refractivity contribution in [2.75, 3.05) is 40.3 Å². The maximum atomic E-state index is 12.8. The fraction of sp³-hybridized carbons (Fsp3) is 0.632. The molecule has 2 saturated heterocycles. The highest BCUT2D eigenvalue weighted by Crippen LogP contribution is 2.27. The number of benzene rings is 1. The van der Waals surface area contributed by atoms with E-state index in [4.69, 9.17) is 4.74 Å². The molecule has 2 fully saturated rings. The zero-order chi connectivity index (χ0) is 19.4. The summed E-state index contributed by atoms with van der Waals surface area (Å²) in [6.07, 6.45) is 3.10. The first-order valence-corrected chi connectivity index (χ1v) is 11.0. The van der Waals surface area contributed by atoms with Crippen LogP contribution < -0.4 is 10.1 Å². The summed E-state index contributed by atoms with van der Waals surface area (Å²) in [6.45, 7) is 2.65. The number of piperidine rings is 2. The van der Waals surface area contributed by atoms with Gasteiger partial charge in [0.25, 0.3) is 0 Å². The maximum Gasteiger partial charge on any atom is 0.243 e. The molecule has 2 aliphatic heterocycles. The van der Waals surface area contributed by atoms with E-state index in [2.05, 4.69) is 5.32 Å². The maximum absolute atomic E-state index is 12.8. The van der Waals surface area contributed by atoms with E-state index in [-0.39, 0.29) is 16.7 Å². The number of amides is 1. The van der Waals surface area contributed by atoms with Gasteiger partial charge in [-0.15, -0.1) is 0 Å². The molecular weight excluding hydrogens is 366 g/mol. The lowest BCUT2D eigenvalue weighted by molar-refractivity contribution is -0.138. The lowest BCUT2D eigenvalue weighted by atomic mass is 9.95. The molecule has 0 atom stereocenters. The molecule has 1 N–H and O–H groups in total. The van der Waals surface area contributed by atoms with Crippen LogP contribution in [-0.2, 0) is 14.8 Å². The fourth-order valence-corrected chi connectivity index (χ4v) is 5.37. The van der Waals surface area contributed by atoms with Crippen molar-refractivity contribution >= 4 is 15.9 Å².